The molecule has 0 amide bonds. The van der Waals surface area contributed by atoms with Crippen LogP contribution in [0.5, 0.6) is 0 Å². The molecular formula is C10H12ClNO. The minimum absolute atomic E-state index is 0.501. The van der Waals surface area contributed by atoms with Crippen LogP contribution in [0.2, 0.25) is 5.02 Å². The van der Waals surface area contributed by atoms with Crippen LogP contribution >= 0.6 is 11.6 Å². The molecule has 0 radical (unpaired) electrons. The lowest BCUT2D eigenvalue weighted by atomic mass is 10.2. The van der Waals surface area contributed by atoms with Crippen molar-refractivity contribution in [2.45, 2.75) is 6.92 Å². The molecule has 0 saturated carbocycles. The van der Waals surface area contributed by atoms with Crippen molar-refractivity contribution in [3.8, 4) is 0 Å². The molecule has 0 heterocycles. The number of anilines is 1. The molecule has 0 aliphatic heterocycles. The molecule has 0 fully saturated rings. The van der Waals surface area contributed by atoms with E-state index in [0.29, 0.717) is 23.1 Å². The molecule has 70 valence electrons. The number of hydrogen-bond acceptors (Lipinski definition) is 2. The Bertz CT molecular complexity index is 323. The van der Waals surface area contributed by atoms with E-state index in [-0.39, 0.29) is 0 Å². The zero-order valence-electron chi connectivity index (χ0n) is 7.51. The van der Waals surface area contributed by atoms with Crippen LogP contribution in [-0.4, -0.2) is 6.61 Å². The summed E-state index contributed by atoms with van der Waals surface area (Å²) >= 11 is 5.96. The van der Waals surface area contributed by atoms with E-state index >= 15 is 0 Å². The van der Waals surface area contributed by atoms with E-state index in [0.717, 1.165) is 5.56 Å². The second kappa shape index (κ2) is 4.19. The molecule has 2 nitrogen and oxygen atoms in total. The predicted octanol–water partition coefficient (Wildman–Crippen LogP) is 2.93. The maximum atomic E-state index is 5.96. The first-order chi connectivity index (χ1) is 6.16. The monoisotopic (exact) mass is 197 g/mol. The molecule has 0 saturated heterocycles. The Balaban J connectivity index is 3.01. The summed E-state index contributed by atoms with van der Waals surface area (Å²) in [7, 11) is 0. The van der Waals surface area contributed by atoms with Gasteiger partial charge in [0.15, 0.2) is 0 Å². The Morgan fingerprint density at radius 2 is 2.31 bits per heavy atom. The van der Waals surface area contributed by atoms with Crippen molar-refractivity contribution in [1.82, 2.24) is 0 Å². The molecule has 2 N–H and O–H groups in total. The molecular weight excluding hydrogens is 186 g/mol. The van der Waals surface area contributed by atoms with Gasteiger partial charge >= 0.3 is 0 Å². The Hall–Kier alpha value is -1.15. The van der Waals surface area contributed by atoms with Crippen molar-refractivity contribution in [2.24, 2.45) is 0 Å². The van der Waals surface area contributed by atoms with Crippen LogP contribution in [0.3, 0.4) is 0 Å². The second-order valence-corrected chi connectivity index (χ2v) is 2.94. The fourth-order valence-electron chi connectivity index (χ4n) is 1.02. The van der Waals surface area contributed by atoms with Crippen LogP contribution in [0.15, 0.2) is 24.8 Å². The highest BCUT2D eigenvalue weighted by atomic mass is 35.5. The van der Waals surface area contributed by atoms with Crippen LogP contribution in [-0.2, 0) is 4.74 Å². The third kappa shape index (κ3) is 2.16. The molecule has 0 aromatic heterocycles. The van der Waals surface area contributed by atoms with Gasteiger partial charge in [0, 0.05) is 5.56 Å². The molecule has 0 aliphatic rings. The standard InChI is InChI=1S/C10H12ClNO/c1-3-13-7(2)8-5-4-6-9(12)10(8)11/h4-6H,2-3,12H2,1H3. The normalized spacial score (nSPS) is 9.69. The van der Waals surface area contributed by atoms with Crippen molar-refractivity contribution >= 4 is 23.0 Å². The molecule has 1 rings (SSSR count). The van der Waals surface area contributed by atoms with Gasteiger partial charge in [0.05, 0.1) is 17.3 Å². The maximum Gasteiger partial charge on any atom is 0.120 e. The minimum Gasteiger partial charge on any atom is -0.494 e. The zero-order valence-corrected chi connectivity index (χ0v) is 8.27. The van der Waals surface area contributed by atoms with Crippen LogP contribution in [0, 0.1) is 0 Å². The molecule has 13 heavy (non-hydrogen) atoms. The van der Waals surface area contributed by atoms with Crippen LogP contribution < -0.4 is 5.73 Å². The fourth-order valence-corrected chi connectivity index (χ4v) is 1.25. The third-order valence-corrected chi connectivity index (χ3v) is 2.07. The summed E-state index contributed by atoms with van der Waals surface area (Å²) in [6.45, 7) is 6.22. The molecule has 1 aromatic rings. The number of rotatable bonds is 3. The smallest absolute Gasteiger partial charge is 0.120 e. The van der Waals surface area contributed by atoms with E-state index in [9.17, 15) is 0 Å². The first-order valence-corrected chi connectivity index (χ1v) is 4.40. The quantitative estimate of drug-likeness (QED) is 0.598. The Morgan fingerprint density at radius 1 is 1.62 bits per heavy atom. The average molecular weight is 198 g/mol. The van der Waals surface area contributed by atoms with Gasteiger partial charge < -0.3 is 10.5 Å². The molecule has 3 heteroatoms. The molecule has 0 spiro atoms. The summed E-state index contributed by atoms with van der Waals surface area (Å²) in [5, 5.41) is 0.501. The topological polar surface area (TPSA) is 35.2 Å². The van der Waals surface area contributed by atoms with E-state index in [1.807, 2.05) is 19.1 Å². The number of halogens is 1. The maximum absolute atomic E-state index is 5.96. The summed E-state index contributed by atoms with van der Waals surface area (Å²) in [4.78, 5) is 0. The van der Waals surface area contributed by atoms with E-state index in [4.69, 9.17) is 22.1 Å². The Kier molecular flexibility index (Phi) is 3.20. The van der Waals surface area contributed by atoms with Crippen LogP contribution in [0.1, 0.15) is 12.5 Å². The van der Waals surface area contributed by atoms with Gasteiger partial charge in [0.25, 0.3) is 0 Å². The number of nitrogens with two attached hydrogens (primary N) is 1. The van der Waals surface area contributed by atoms with E-state index in [1.54, 1.807) is 6.07 Å². The van der Waals surface area contributed by atoms with Gasteiger partial charge in [-0.15, -0.1) is 0 Å². The van der Waals surface area contributed by atoms with Gasteiger partial charge in [-0.3, -0.25) is 0 Å². The van der Waals surface area contributed by atoms with Crippen molar-refractivity contribution < 1.29 is 4.74 Å². The highest BCUT2D eigenvalue weighted by Crippen LogP contribution is 2.28. The van der Waals surface area contributed by atoms with Gasteiger partial charge in [-0.2, -0.15) is 0 Å². The SMILES string of the molecule is C=C(OCC)c1cccc(N)c1Cl. The summed E-state index contributed by atoms with van der Waals surface area (Å²) < 4.78 is 5.23. The number of ether oxygens (including phenoxy) is 1. The van der Waals surface area contributed by atoms with Crippen molar-refractivity contribution in [2.75, 3.05) is 12.3 Å². The Labute approximate surface area is 83.0 Å². The average Bonchev–Trinajstić information content (AvgIpc) is 2.10. The number of benzene rings is 1. The van der Waals surface area contributed by atoms with Crippen LogP contribution in [0.25, 0.3) is 5.76 Å². The van der Waals surface area contributed by atoms with Gasteiger partial charge in [0.1, 0.15) is 5.76 Å². The van der Waals surface area contributed by atoms with Crippen LogP contribution in [0.4, 0.5) is 5.69 Å². The van der Waals surface area contributed by atoms with Gasteiger partial charge in [-0.1, -0.05) is 24.2 Å². The molecule has 0 atom stereocenters. The lowest BCUT2D eigenvalue weighted by molar-refractivity contribution is 0.299. The number of nitrogen functional groups attached to an aromatic ring is 1. The minimum atomic E-state index is 0.501. The third-order valence-electron chi connectivity index (χ3n) is 1.65. The summed E-state index contributed by atoms with van der Waals surface area (Å²) in [5.41, 5.74) is 6.92. The van der Waals surface area contributed by atoms with E-state index in [1.165, 1.54) is 0 Å². The summed E-state index contributed by atoms with van der Waals surface area (Å²) in [6, 6.07) is 5.39. The second-order valence-electron chi connectivity index (χ2n) is 2.56. The molecule has 1 aromatic carbocycles. The predicted molar refractivity (Wildman–Crippen MR) is 56.5 cm³/mol. The Morgan fingerprint density at radius 3 is 2.92 bits per heavy atom. The number of hydrogen-bond donors (Lipinski definition) is 1. The highest BCUT2D eigenvalue weighted by Gasteiger charge is 2.06. The van der Waals surface area contributed by atoms with Gasteiger partial charge in [-0.05, 0) is 19.1 Å². The lowest BCUT2D eigenvalue weighted by Crippen LogP contribution is -1.94. The fraction of sp³-hybridized carbons (Fsp3) is 0.200. The zero-order chi connectivity index (χ0) is 9.84. The lowest BCUT2D eigenvalue weighted by Gasteiger charge is -2.09. The van der Waals surface area contributed by atoms with Gasteiger partial charge in [0.2, 0.25) is 0 Å². The first kappa shape index (κ1) is 9.93. The molecule has 0 aliphatic carbocycles. The van der Waals surface area contributed by atoms with E-state index < -0.39 is 0 Å². The van der Waals surface area contributed by atoms with Crippen molar-refractivity contribution in [3.63, 3.8) is 0 Å². The van der Waals surface area contributed by atoms with Gasteiger partial charge in [-0.25, -0.2) is 0 Å². The van der Waals surface area contributed by atoms with Crippen molar-refractivity contribution in [3.05, 3.63) is 35.4 Å². The summed E-state index contributed by atoms with van der Waals surface area (Å²) in [5.74, 6) is 0.555. The van der Waals surface area contributed by atoms with Crippen molar-refractivity contribution in [1.29, 1.82) is 0 Å². The first-order valence-electron chi connectivity index (χ1n) is 4.03. The molecule has 0 bridgehead atoms. The highest BCUT2D eigenvalue weighted by molar-refractivity contribution is 6.34. The van der Waals surface area contributed by atoms with E-state index in [2.05, 4.69) is 6.58 Å². The molecule has 0 unspecified atom stereocenters. The summed E-state index contributed by atoms with van der Waals surface area (Å²) in [6.07, 6.45) is 0. The largest absolute Gasteiger partial charge is 0.494 e.